The second kappa shape index (κ2) is 8.10. The molecular formula is C22H21N7O2. The molecule has 1 aliphatic rings. The molecule has 0 saturated carbocycles. The average Bonchev–Trinajstić information content (AvgIpc) is 3.25. The monoisotopic (exact) mass is 415 g/mol. The van der Waals surface area contributed by atoms with Gasteiger partial charge in [-0.25, -0.2) is 15.0 Å². The maximum absolute atomic E-state index is 12.8. The van der Waals surface area contributed by atoms with Crippen molar-refractivity contribution in [2.24, 2.45) is 7.05 Å². The van der Waals surface area contributed by atoms with E-state index in [4.69, 9.17) is 4.74 Å². The van der Waals surface area contributed by atoms with E-state index < -0.39 is 0 Å². The van der Waals surface area contributed by atoms with Crippen molar-refractivity contribution >= 4 is 16.9 Å². The van der Waals surface area contributed by atoms with Crippen LogP contribution < -0.4 is 4.74 Å². The van der Waals surface area contributed by atoms with Crippen LogP contribution >= 0.6 is 0 Å². The van der Waals surface area contributed by atoms with Gasteiger partial charge in [0.05, 0.1) is 23.4 Å². The highest BCUT2D eigenvalue weighted by Gasteiger charge is 2.26. The maximum atomic E-state index is 12.8. The predicted octanol–water partition coefficient (Wildman–Crippen LogP) is 2.50. The highest BCUT2D eigenvalue weighted by Crippen LogP contribution is 2.21. The summed E-state index contributed by atoms with van der Waals surface area (Å²) in [7, 11) is 1.87. The Labute approximate surface area is 178 Å². The summed E-state index contributed by atoms with van der Waals surface area (Å²) in [6, 6.07) is 7.88. The zero-order chi connectivity index (χ0) is 21.2. The molecule has 1 aliphatic heterocycles. The maximum Gasteiger partial charge on any atom is 0.316 e. The Kier molecular flexibility index (Phi) is 4.99. The number of carbonyl (C=O) groups excluding carboxylic acids is 1. The van der Waals surface area contributed by atoms with E-state index >= 15 is 0 Å². The van der Waals surface area contributed by atoms with Gasteiger partial charge in [0.15, 0.2) is 0 Å². The fraction of sp³-hybridized carbons (Fsp3) is 0.273. The van der Waals surface area contributed by atoms with Crippen LogP contribution in [0.15, 0.2) is 55.2 Å². The van der Waals surface area contributed by atoms with Crippen LogP contribution in [0.1, 0.15) is 23.3 Å². The van der Waals surface area contributed by atoms with E-state index in [1.807, 2.05) is 37.5 Å². The highest BCUT2D eigenvalue weighted by molar-refractivity contribution is 5.93. The standard InChI is InChI=1S/C22H21N7O2/c1-28-14-16(12-26-28)15-10-24-22(25-11-15)31-17-6-8-29(9-7-17)21(30)20-13-23-18-4-2-3-5-19(18)27-20/h2-5,10-14,17H,6-9H2,1H3. The minimum absolute atomic E-state index is 0.0315. The van der Waals surface area contributed by atoms with Crippen molar-refractivity contribution in [3.05, 3.63) is 60.9 Å². The SMILES string of the molecule is Cn1cc(-c2cnc(OC3CCN(C(=O)c4cnc5ccccc5n4)CC3)nc2)cn1. The van der Waals surface area contributed by atoms with Crippen molar-refractivity contribution in [1.29, 1.82) is 0 Å². The average molecular weight is 415 g/mol. The van der Waals surface area contributed by atoms with Crippen LogP contribution in [-0.4, -0.2) is 59.7 Å². The largest absolute Gasteiger partial charge is 0.460 e. The van der Waals surface area contributed by atoms with Crippen LogP contribution in [-0.2, 0) is 7.05 Å². The lowest BCUT2D eigenvalue weighted by Crippen LogP contribution is -2.42. The summed E-state index contributed by atoms with van der Waals surface area (Å²) in [6.45, 7) is 1.18. The number of aryl methyl sites for hydroxylation is 1. The lowest BCUT2D eigenvalue weighted by molar-refractivity contribution is 0.0573. The summed E-state index contributed by atoms with van der Waals surface area (Å²) in [5.74, 6) is -0.103. The number of benzene rings is 1. The van der Waals surface area contributed by atoms with Crippen LogP contribution in [0.25, 0.3) is 22.2 Å². The topological polar surface area (TPSA) is 98.9 Å². The number of hydrogen-bond donors (Lipinski definition) is 0. The van der Waals surface area contributed by atoms with E-state index in [2.05, 4.69) is 25.0 Å². The van der Waals surface area contributed by atoms with Gasteiger partial charge in [0.25, 0.3) is 5.91 Å². The van der Waals surface area contributed by atoms with Crippen molar-refractivity contribution in [2.45, 2.75) is 18.9 Å². The summed E-state index contributed by atoms with van der Waals surface area (Å²) >= 11 is 0. The fourth-order valence-electron chi connectivity index (χ4n) is 3.64. The third-order valence-electron chi connectivity index (χ3n) is 5.34. The van der Waals surface area contributed by atoms with Gasteiger partial charge in [0.1, 0.15) is 11.8 Å². The minimum Gasteiger partial charge on any atom is -0.460 e. The fourth-order valence-corrected chi connectivity index (χ4v) is 3.64. The molecule has 0 N–H and O–H groups in total. The molecule has 1 fully saturated rings. The molecule has 4 heterocycles. The van der Waals surface area contributed by atoms with Crippen molar-refractivity contribution in [3.63, 3.8) is 0 Å². The van der Waals surface area contributed by atoms with Gasteiger partial charge in [-0.05, 0) is 12.1 Å². The smallest absolute Gasteiger partial charge is 0.316 e. The van der Waals surface area contributed by atoms with Gasteiger partial charge in [-0.2, -0.15) is 5.10 Å². The number of para-hydroxylation sites is 2. The molecule has 1 amide bonds. The van der Waals surface area contributed by atoms with Crippen molar-refractivity contribution < 1.29 is 9.53 Å². The van der Waals surface area contributed by atoms with Gasteiger partial charge in [-0.3, -0.25) is 14.5 Å². The van der Waals surface area contributed by atoms with Crippen molar-refractivity contribution in [2.75, 3.05) is 13.1 Å². The second-order valence-electron chi connectivity index (χ2n) is 7.51. The molecule has 3 aromatic heterocycles. The normalized spacial score (nSPS) is 14.7. The molecule has 0 radical (unpaired) electrons. The zero-order valence-corrected chi connectivity index (χ0v) is 17.0. The third-order valence-corrected chi connectivity index (χ3v) is 5.34. The van der Waals surface area contributed by atoms with E-state index in [-0.39, 0.29) is 12.0 Å². The van der Waals surface area contributed by atoms with Crippen molar-refractivity contribution in [1.82, 2.24) is 34.6 Å². The van der Waals surface area contributed by atoms with Crippen LogP contribution in [0.5, 0.6) is 6.01 Å². The van der Waals surface area contributed by atoms with E-state index in [0.29, 0.717) is 37.6 Å². The Hall–Kier alpha value is -3.88. The first-order valence-electron chi connectivity index (χ1n) is 10.1. The summed E-state index contributed by atoms with van der Waals surface area (Å²) in [5, 5.41) is 4.16. The Balaban J connectivity index is 1.18. The zero-order valence-electron chi connectivity index (χ0n) is 17.0. The molecular weight excluding hydrogens is 394 g/mol. The van der Waals surface area contributed by atoms with Gasteiger partial charge < -0.3 is 9.64 Å². The minimum atomic E-state index is -0.103. The Morgan fingerprint density at radius 3 is 2.42 bits per heavy atom. The molecule has 1 saturated heterocycles. The number of aromatic nitrogens is 6. The molecule has 156 valence electrons. The first-order valence-corrected chi connectivity index (χ1v) is 10.1. The number of carbonyl (C=O) groups is 1. The molecule has 0 spiro atoms. The number of amides is 1. The molecule has 1 aromatic carbocycles. The lowest BCUT2D eigenvalue weighted by Gasteiger charge is -2.31. The summed E-state index contributed by atoms with van der Waals surface area (Å²) in [6.07, 6.45) is 10.1. The Morgan fingerprint density at radius 1 is 0.968 bits per heavy atom. The number of piperidine rings is 1. The van der Waals surface area contributed by atoms with E-state index in [9.17, 15) is 4.79 Å². The van der Waals surface area contributed by atoms with Crippen molar-refractivity contribution in [3.8, 4) is 17.1 Å². The molecule has 4 aromatic rings. The predicted molar refractivity (Wildman–Crippen MR) is 113 cm³/mol. The molecule has 9 nitrogen and oxygen atoms in total. The van der Waals surface area contributed by atoms with Gasteiger partial charge >= 0.3 is 6.01 Å². The molecule has 31 heavy (non-hydrogen) atoms. The van der Waals surface area contributed by atoms with Gasteiger partial charge in [-0.1, -0.05) is 12.1 Å². The number of ether oxygens (including phenoxy) is 1. The second-order valence-corrected chi connectivity index (χ2v) is 7.51. The molecule has 0 atom stereocenters. The molecule has 0 aliphatic carbocycles. The number of rotatable bonds is 4. The number of nitrogens with zero attached hydrogens (tertiary/aromatic N) is 7. The first-order chi connectivity index (χ1) is 15.2. The lowest BCUT2D eigenvalue weighted by atomic mass is 10.1. The summed E-state index contributed by atoms with van der Waals surface area (Å²) in [5.41, 5.74) is 3.71. The Morgan fingerprint density at radius 2 is 1.71 bits per heavy atom. The van der Waals surface area contributed by atoms with Crippen LogP contribution in [0, 0.1) is 0 Å². The third kappa shape index (κ3) is 4.07. The van der Waals surface area contributed by atoms with E-state index in [0.717, 1.165) is 22.2 Å². The number of likely N-dealkylation sites (tertiary alicyclic amines) is 1. The highest BCUT2D eigenvalue weighted by atomic mass is 16.5. The number of hydrogen-bond acceptors (Lipinski definition) is 7. The van der Waals surface area contributed by atoms with E-state index in [1.54, 1.807) is 34.4 Å². The summed E-state index contributed by atoms with van der Waals surface area (Å²) in [4.78, 5) is 32.1. The molecule has 9 heteroatoms. The summed E-state index contributed by atoms with van der Waals surface area (Å²) < 4.78 is 7.67. The van der Waals surface area contributed by atoms with Gasteiger partial charge in [-0.15, -0.1) is 0 Å². The van der Waals surface area contributed by atoms with Crippen LogP contribution in [0.2, 0.25) is 0 Å². The Bertz CT molecular complexity index is 1210. The van der Waals surface area contributed by atoms with Crippen LogP contribution in [0.3, 0.4) is 0 Å². The van der Waals surface area contributed by atoms with Crippen LogP contribution in [0.4, 0.5) is 0 Å². The first kappa shape index (κ1) is 19.1. The molecule has 0 bridgehead atoms. The van der Waals surface area contributed by atoms with E-state index in [1.165, 1.54) is 0 Å². The molecule has 0 unspecified atom stereocenters. The molecule has 5 rings (SSSR count). The quantitative estimate of drug-likeness (QED) is 0.505. The van der Waals surface area contributed by atoms with Gasteiger partial charge in [0, 0.05) is 62.7 Å². The number of fused-ring (bicyclic) bond motifs is 1. The van der Waals surface area contributed by atoms with Gasteiger partial charge in [0.2, 0.25) is 0 Å².